The summed E-state index contributed by atoms with van der Waals surface area (Å²) in [6.07, 6.45) is 0. The zero-order chi connectivity index (χ0) is 24.6. The van der Waals surface area contributed by atoms with E-state index in [0.717, 1.165) is 17.1 Å². The Balaban J connectivity index is 1.36. The van der Waals surface area contributed by atoms with Gasteiger partial charge in [-0.3, -0.25) is 14.8 Å². The molecule has 0 aliphatic carbocycles. The Bertz CT molecular complexity index is 1330. The molecule has 10 heteroatoms. The van der Waals surface area contributed by atoms with Gasteiger partial charge in [0.2, 0.25) is 0 Å². The third kappa shape index (κ3) is 6.31. The number of fused-ring (bicyclic) bond motifs is 1. The molecule has 0 unspecified atom stereocenters. The number of thioether (sulfide) groups is 1. The van der Waals surface area contributed by atoms with E-state index in [-0.39, 0.29) is 25.5 Å². The molecule has 3 N–H and O–H groups in total. The van der Waals surface area contributed by atoms with E-state index >= 15 is 0 Å². The number of furan rings is 1. The molecular formula is C25H21FN2O6S. The number of nitrogens with one attached hydrogen (secondary N) is 2. The molecule has 0 bridgehead atoms. The second-order valence-electron chi connectivity index (χ2n) is 7.23. The number of benzene rings is 3. The lowest BCUT2D eigenvalue weighted by Gasteiger charge is -2.09. The smallest absolute Gasteiger partial charge is 0.307 e. The monoisotopic (exact) mass is 496 g/mol. The third-order valence-corrected chi connectivity index (χ3v) is 5.65. The van der Waals surface area contributed by atoms with Crippen molar-refractivity contribution in [3.63, 3.8) is 0 Å². The van der Waals surface area contributed by atoms with Crippen LogP contribution in [0.3, 0.4) is 0 Å². The van der Waals surface area contributed by atoms with Gasteiger partial charge in [0.25, 0.3) is 5.91 Å². The standard InChI is InChI=1S/C25H21FN2O6S/c26-16-4-3-5-18(14-16)33-15-21-20-6-1-2-7-22(20)34-23(21)24(29)27-12-13-32-17-8-10-19(11-9-17)35-25(30)28-31/h1-11,14,31H,12-13,15H2,(H,27,29)(H,28,30). The van der Waals surface area contributed by atoms with Crippen molar-refractivity contribution < 1.29 is 33.1 Å². The summed E-state index contributed by atoms with van der Waals surface area (Å²) in [5.41, 5.74) is 2.65. The summed E-state index contributed by atoms with van der Waals surface area (Å²) in [5.74, 6) is 0.175. The number of hydrogen-bond acceptors (Lipinski definition) is 7. The van der Waals surface area contributed by atoms with Crippen molar-refractivity contribution >= 4 is 33.9 Å². The quantitative estimate of drug-likeness (QED) is 0.127. The first-order chi connectivity index (χ1) is 17.0. The first-order valence-corrected chi connectivity index (χ1v) is 11.4. The predicted octanol–water partition coefficient (Wildman–Crippen LogP) is 5.15. The summed E-state index contributed by atoms with van der Waals surface area (Å²) in [7, 11) is 0. The van der Waals surface area contributed by atoms with Crippen LogP contribution in [-0.4, -0.2) is 29.5 Å². The van der Waals surface area contributed by atoms with E-state index in [1.54, 1.807) is 54.0 Å². The number of ether oxygens (including phenoxy) is 2. The summed E-state index contributed by atoms with van der Waals surface area (Å²) in [6, 6.07) is 19.7. The van der Waals surface area contributed by atoms with Crippen LogP contribution in [0, 0.1) is 5.82 Å². The largest absolute Gasteiger partial charge is 0.492 e. The van der Waals surface area contributed by atoms with Crippen LogP contribution in [0.2, 0.25) is 0 Å². The fraction of sp³-hybridized carbons (Fsp3) is 0.120. The Labute approximate surface area is 204 Å². The number of halogens is 1. The van der Waals surface area contributed by atoms with Gasteiger partial charge in [-0.1, -0.05) is 24.3 Å². The van der Waals surface area contributed by atoms with Gasteiger partial charge in [-0.15, -0.1) is 0 Å². The molecule has 1 aromatic heterocycles. The van der Waals surface area contributed by atoms with E-state index in [1.165, 1.54) is 12.1 Å². The topological polar surface area (TPSA) is 110 Å². The average Bonchev–Trinajstić information content (AvgIpc) is 3.25. The van der Waals surface area contributed by atoms with E-state index in [0.29, 0.717) is 27.5 Å². The van der Waals surface area contributed by atoms with Gasteiger partial charge >= 0.3 is 5.24 Å². The SMILES string of the molecule is O=C(NO)Sc1ccc(OCCNC(=O)c2oc3ccccc3c2COc2cccc(F)c2)cc1. The van der Waals surface area contributed by atoms with E-state index in [1.807, 2.05) is 12.1 Å². The number of carbonyl (C=O) groups excluding carboxylic acids is 2. The van der Waals surface area contributed by atoms with Crippen LogP contribution in [0.25, 0.3) is 11.0 Å². The lowest BCUT2D eigenvalue weighted by atomic mass is 10.1. The Kier molecular flexibility index (Phi) is 7.86. The Hall–Kier alpha value is -4.02. The molecule has 0 radical (unpaired) electrons. The number of carbonyl (C=O) groups is 2. The van der Waals surface area contributed by atoms with Crippen LogP contribution in [0.5, 0.6) is 11.5 Å². The zero-order valence-electron chi connectivity index (χ0n) is 18.3. The van der Waals surface area contributed by atoms with Crippen molar-refractivity contribution in [1.29, 1.82) is 0 Å². The maximum absolute atomic E-state index is 13.5. The highest BCUT2D eigenvalue weighted by molar-refractivity contribution is 8.13. The van der Waals surface area contributed by atoms with Crippen LogP contribution < -0.4 is 20.3 Å². The van der Waals surface area contributed by atoms with Gasteiger partial charge in [0.05, 0.1) is 6.54 Å². The minimum absolute atomic E-state index is 0.0262. The zero-order valence-corrected chi connectivity index (χ0v) is 19.1. The number of hydrogen-bond donors (Lipinski definition) is 3. The van der Waals surface area contributed by atoms with Gasteiger partial charge in [-0.05, 0) is 54.2 Å². The molecule has 0 aliphatic heterocycles. The molecular weight excluding hydrogens is 475 g/mol. The second-order valence-corrected chi connectivity index (χ2v) is 8.28. The lowest BCUT2D eigenvalue weighted by Crippen LogP contribution is -2.28. The van der Waals surface area contributed by atoms with E-state index in [2.05, 4.69) is 5.32 Å². The number of rotatable bonds is 9. The van der Waals surface area contributed by atoms with Crippen molar-refractivity contribution in [3.8, 4) is 11.5 Å². The van der Waals surface area contributed by atoms with Crippen LogP contribution in [-0.2, 0) is 6.61 Å². The van der Waals surface area contributed by atoms with Gasteiger partial charge < -0.3 is 19.2 Å². The normalized spacial score (nSPS) is 10.7. The molecule has 0 atom stereocenters. The first kappa shape index (κ1) is 24.1. The van der Waals surface area contributed by atoms with Crippen LogP contribution >= 0.6 is 11.8 Å². The fourth-order valence-electron chi connectivity index (χ4n) is 3.29. The van der Waals surface area contributed by atoms with Gasteiger partial charge in [0, 0.05) is 21.9 Å². The van der Waals surface area contributed by atoms with Gasteiger partial charge in [0.1, 0.15) is 36.1 Å². The Morgan fingerprint density at radius 3 is 2.54 bits per heavy atom. The number of para-hydroxylation sites is 1. The van der Waals surface area contributed by atoms with Crippen LogP contribution in [0.1, 0.15) is 16.1 Å². The summed E-state index contributed by atoms with van der Waals surface area (Å²) < 4.78 is 30.6. The van der Waals surface area contributed by atoms with Crippen LogP contribution in [0.15, 0.2) is 82.1 Å². The maximum Gasteiger partial charge on any atom is 0.307 e. The highest BCUT2D eigenvalue weighted by atomic mass is 32.2. The molecule has 0 saturated heterocycles. The van der Waals surface area contributed by atoms with E-state index < -0.39 is 17.0 Å². The minimum atomic E-state index is -0.590. The second kappa shape index (κ2) is 11.4. The molecule has 0 fully saturated rings. The van der Waals surface area contributed by atoms with E-state index in [9.17, 15) is 14.0 Å². The number of amides is 2. The Morgan fingerprint density at radius 2 is 1.77 bits per heavy atom. The fourth-order valence-corrected chi connectivity index (χ4v) is 3.82. The molecule has 0 saturated carbocycles. The molecule has 4 aromatic rings. The first-order valence-electron chi connectivity index (χ1n) is 10.6. The van der Waals surface area contributed by atoms with Gasteiger partial charge in [0.15, 0.2) is 5.76 Å². The molecule has 35 heavy (non-hydrogen) atoms. The van der Waals surface area contributed by atoms with Crippen molar-refractivity contribution in [2.24, 2.45) is 0 Å². The predicted molar refractivity (Wildman–Crippen MR) is 127 cm³/mol. The molecule has 4 rings (SSSR count). The maximum atomic E-state index is 13.5. The molecule has 180 valence electrons. The third-order valence-electron chi connectivity index (χ3n) is 4.87. The highest BCUT2D eigenvalue weighted by Gasteiger charge is 2.21. The molecule has 2 amide bonds. The summed E-state index contributed by atoms with van der Waals surface area (Å²) >= 11 is 0.836. The molecule has 1 heterocycles. The van der Waals surface area contributed by atoms with Gasteiger partial charge in [-0.25, -0.2) is 9.87 Å². The van der Waals surface area contributed by atoms with Crippen molar-refractivity contribution in [2.45, 2.75) is 11.5 Å². The minimum Gasteiger partial charge on any atom is -0.492 e. The van der Waals surface area contributed by atoms with Crippen molar-refractivity contribution in [3.05, 3.63) is 89.9 Å². The Morgan fingerprint density at radius 1 is 0.971 bits per heavy atom. The van der Waals surface area contributed by atoms with E-state index in [4.69, 9.17) is 19.1 Å². The molecule has 0 aliphatic rings. The van der Waals surface area contributed by atoms with Crippen molar-refractivity contribution in [1.82, 2.24) is 10.8 Å². The van der Waals surface area contributed by atoms with Crippen molar-refractivity contribution in [2.75, 3.05) is 13.2 Å². The summed E-state index contributed by atoms with van der Waals surface area (Å²) in [6.45, 7) is 0.437. The summed E-state index contributed by atoms with van der Waals surface area (Å²) in [5, 5.41) is 11.5. The highest BCUT2D eigenvalue weighted by Crippen LogP contribution is 2.27. The lowest BCUT2D eigenvalue weighted by molar-refractivity contribution is 0.0918. The number of hydroxylamine groups is 1. The van der Waals surface area contributed by atoms with Crippen LogP contribution in [0.4, 0.5) is 9.18 Å². The van der Waals surface area contributed by atoms with Gasteiger partial charge in [-0.2, -0.15) is 0 Å². The summed E-state index contributed by atoms with van der Waals surface area (Å²) in [4.78, 5) is 24.7. The molecule has 8 nitrogen and oxygen atoms in total. The average molecular weight is 497 g/mol. The molecule has 0 spiro atoms. The molecule has 3 aromatic carbocycles.